The number of aromatic nitrogens is 2. The Morgan fingerprint density at radius 1 is 1.25 bits per heavy atom. The van der Waals surface area contributed by atoms with Gasteiger partial charge in [0.05, 0.1) is 37.5 Å². The number of anilines is 1. The average molecular weight is 464 g/mol. The number of nitrogens with zero attached hydrogens (tertiary/aromatic N) is 3. The number of hydrogen-bond donors (Lipinski definition) is 2. The summed E-state index contributed by atoms with van der Waals surface area (Å²) in [5.41, 5.74) is 6.31. The molecule has 11 heteroatoms. The van der Waals surface area contributed by atoms with E-state index < -0.39 is 25.9 Å². The second-order valence-corrected chi connectivity index (χ2v) is 10.5. The Labute approximate surface area is 186 Å². The van der Waals surface area contributed by atoms with E-state index in [1.807, 2.05) is 0 Å². The lowest BCUT2D eigenvalue weighted by atomic mass is 9.91. The zero-order valence-electron chi connectivity index (χ0n) is 18.0. The lowest BCUT2D eigenvalue weighted by molar-refractivity contribution is 0.0875. The van der Waals surface area contributed by atoms with Crippen molar-refractivity contribution >= 4 is 21.4 Å². The number of halogens is 1. The topological polar surface area (TPSA) is 129 Å². The summed E-state index contributed by atoms with van der Waals surface area (Å²) in [4.78, 5) is 12.9. The molecule has 2 aliphatic rings. The predicted molar refractivity (Wildman–Crippen MR) is 118 cm³/mol. The molecule has 0 radical (unpaired) electrons. The van der Waals surface area contributed by atoms with Gasteiger partial charge in [0.2, 0.25) is 5.88 Å². The number of rotatable bonds is 5. The van der Waals surface area contributed by atoms with Crippen LogP contribution in [0.5, 0.6) is 5.88 Å². The van der Waals surface area contributed by atoms with Crippen molar-refractivity contribution < 1.29 is 22.3 Å². The summed E-state index contributed by atoms with van der Waals surface area (Å²) in [6.07, 6.45) is 3.59. The number of nitrogens with two attached hydrogens (primary N) is 1. The third-order valence-electron chi connectivity index (χ3n) is 6.11. The van der Waals surface area contributed by atoms with E-state index >= 15 is 0 Å². The summed E-state index contributed by atoms with van der Waals surface area (Å²) in [7, 11) is -2.19. The Bertz CT molecular complexity index is 1130. The Balaban J connectivity index is 1.62. The maximum absolute atomic E-state index is 14.9. The highest BCUT2D eigenvalue weighted by molar-refractivity contribution is 7.93. The van der Waals surface area contributed by atoms with E-state index in [0.717, 1.165) is 0 Å². The number of methoxy groups -OCH3 is 1. The number of ether oxygens (including phenoxy) is 2. The van der Waals surface area contributed by atoms with Crippen molar-refractivity contribution in [3.8, 4) is 5.88 Å². The highest BCUT2D eigenvalue weighted by Crippen LogP contribution is 2.42. The zero-order chi connectivity index (χ0) is 23.0. The minimum absolute atomic E-state index is 0.0285. The second-order valence-electron chi connectivity index (χ2n) is 8.23. The van der Waals surface area contributed by atoms with Crippen LogP contribution in [0.4, 0.5) is 10.1 Å². The number of nitrogens with one attached hydrogen (secondary N) is 1. The van der Waals surface area contributed by atoms with Gasteiger partial charge in [-0.3, -0.25) is 9.98 Å². The summed E-state index contributed by atoms with van der Waals surface area (Å²) in [6, 6.07) is 4.43. The first kappa shape index (κ1) is 22.4. The number of sulfone groups is 1. The van der Waals surface area contributed by atoms with Crippen molar-refractivity contribution in [3.05, 3.63) is 47.7 Å². The van der Waals surface area contributed by atoms with Crippen LogP contribution < -0.4 is 15.8 Å². The van der Waals surface area contributed by atoms with Crippen LogP contribution in [0.2, 0.25) is 0 Å². The van der Waals surface area contributed by atoms with Crippen LogP contribution >= 0.6 is 0 Å². The van der Waals surface area contributed by atoms with Gasteiger partial charge in [-0.2, -0.15) is 0 Å². The van der Waals surface area contributed by atoms with Gasteiger partial charge in [-0.15, -0.1) is 0 Å². The fourth-order valence-corrected chi connectivity index (χ4v) is 6.64. The van der Waals surface area contributed by atoms with E-state index in [1.54, 1.807) is 25.3 Å². The van der Waals surface area contributed by atoms with E-state index in [1.165, 1.54) is 19.4 Å². The summed E-state index contributed by atoms with van der Waals surface area (Å²) in [5, 5.41) is 3.16. The van der Waals surface area contributed by atoms with E-state index in [9.17, 15) is 12.8 Å². The molecule has 32 heavy (non-hydrogen) atoms. The minimum atomic E-state index is -3.70. The molecule has 3 heterocycles. The van der Waals surface area contributed by atoms with Gasteiger partial charge < -0.3 is 20.5 Å². The molecule has 0 aliphatic carbocycles. The summed E-state index contributed by atoms with van der Waals surface area (Å²) in [5.74, 6) is -0.440. The smallest absolute Gasteiger partial charge is 0.231 e. The van der Waals surface area contributed by atoms with Crippen LogP contribution in [0, 0.1) is 5.82 Å². The van der Waals surface area contributed by atoms with Gasteiger partial charge in [-0.25, -0.2) is 17.8 Å². The van der Waals surface area contributed by atoms with Crippen LogP contribution in [0.3, 0.4) is 0 Å². The molecule has 1 unspecified atom stereocenters. The number of benzene rings is 1. The lowest BCUT2D eigenvalue weighted by Gasteiger charge is -2.43. The van der Waals surface area contributed by atoms with Crippen LogP contribution in [-0.4, -0.2) is 55.0 Å². The first-order valence-electron chi connectivity index (χ1n) is 10.2. The quantitative estimate of drug-likeness (QED) is 0.687. The molecule has 1 aromatic heterocycles. The molecule has 4 rings (SSSR count). The summed E-state index contributed by atoms with van der Waals surface area (Å²) < 4.78 is 50.6. The molecule has 1 fully saturated rings. The minimum Gasteiger partial charge on any atom is -0.480 e. The number of amidine groups is 1. The molecule has 1 atom stereocenters. The van der Waals surface area contributed by atoms with Crippen molar-refractivity contribution in [3.63, 3.8) is 0 Å². The fraction of sp³-hybridized carbons (Fsp3) is 0.476. The highest BCUT2D eigenvalue weighted by atomic mass is 32.2. The van der Waals surface area contributed by atoms with Crippen molar-refractivity contribution in [2.24, 2.45) is 10.7 Å². The van der Waals surface area contributed by atoms with Crippen molar-refractivity contribution in [2.75, 3.05) is 31.4 Å². The molecule has 1 spiro atoms. The van der Waals surface area contributed by atoms with E-state index in [0.29, 0.717) is 37.0 Å². The summed E-state index contributed by atoms with van der Waals surface area (Å²) >= 11 is 0. The van der Waals surface area contributed by atoms with Crippen molar-refractivity contribution in [1.29, 1.82) is 0 Å². The molecule has 9 nitrogen and oxygen atoms in total. The van der Waals surface area contributed by atoms with Gasteiger partial charge in [0.25, 0.3) is 0 Å². The van der Waals surface area contributed by atoms with E-state index in [-0.39, 0.29) is 30.0 Å². The Hall–Kier alpha value is -2.79. The maximum atomic E-state index is 14.9. The van der Waals surface area contributed by atoms with Crippen LogP contribution in [0.1, 0.15) is 31.0 Å². The van der Waals surface area contributed by atoms with Gasteiger partial charge in [0.15, 0.2) is 9.84 Å². The molecule has 2 aliphatic heterocycles. The standard InChI is InChI=1S/C21H26FN5O4S/c1-20(13-32(28,29)21(19(23)27-20)5-7-31-8-6-21)16-9-14(3-4-17(16)22)24-10-15-11-26-18(30-2)12-25-15/h3-4,9,11-12,24H,5-8,10,13H2,1-2H3,(H2,23,27). The van der Waals surface area contributed by atoms with Crippen LogP contribution in [0.25, 0.3) is 0 Å². The third-order valence-corrected chi connectivity index (χ3v) is 8.86. The van der Waals surface area contributed by atoms with Gasteiger partial charge in [0.1, 0.15) is 21.9 Å². The SMILES string of the molecule is COc1cnc(CNc2ccc(F)c(C3(C)CS(=O)(=O)C4(CCOCC4)C(N)=N3)c2)cn1. The molecule has 1 saturated heterocycles. The second kappa shape index (κ2) is 8.28. The Morgan fingerprint density at radius 2 is 2.00 bits per heavy atom. The van der Waals surface area contributed by atoms with Crippen LogP contribution in [0.15, 0.2) is 35.6 Å². The Morgan fingerprint density at radius 3 is 2.62 bits per heavy atom. The normalized spacial score (nSPS) is 24.0. The van der Waals surface area contributed by atoms with E-state index in [2.05, 4.69) is 20.3 Å². The maximum Gasteiger partial charge on any atom is 0.231 e. The summed E-state index contributed by atoms with van der Waals surface area (Å²) in [6.45, 7) is 2.54. The molecule has 0 amide bonds. The zero-order valence-corrected chi connectivity index (χ0v) is 18.8. The lowest BCUT2D eigenvalue weighted by Crippen LogP contribution is -2.60. The third kappa shape index (κ3) is 3.90. The first-order chi connectivity index (χ1) is 15.2. The molecule has 0 bridgehead atoms. The number of aliphatic imine (C=N–C) groups is 1. The molecule has 2 aromatic rings. The fourth-order valence-electron chi connectivity index (χ4n) is 4.25. The largest absolute Gasteiger partial charge is 0.480 e. The molecular weight excluding hydrogens is 437 g/mol. The predicted octanol–water partition coefficient (Wildman–Crippen LogP) is 1.79. The molecule has 1 aromatic carbocycles. The molecular formula is C21H26FN5O4S. The molecule has 172 valence electrons. The van der Waals surface area contributed by atoms with Gasteiger partial charge >= 0.3 is 0 Å². The van der Waals surface area contributed by atoms with Gasteiger partial charge in [-0.1, -0.05) is 0 Å². The van der Waals surface area contributed by atoms with Crippen molar-refractivity contribution in [2.45, 2.75) is 36.6 Å². The molecule has 0 saturated carbocycles. The van der Waals surface area contributed by atoms with Crippen molar-refractivity contribution in [1.82, 2.24) is 9.97 Å². The number of hydrogen-bond acceptors (Lipinski definition) is 9. The monoisotopic (exact) mass is 463 g/mol. The highest BCUT2D eigenvalue weighted by Gasteiger charge is 2.55. The van der Waals surface area contributed by atoms with Gasteiger partial charge in [-0.05, 0) is 38.0 Å². The average Bonchev–Trinajstić information content (AvgIpc) is 2.78. The first-order valence-corrected chi connectivity index (χ1v) is 11.9. The molecule has 3 N–H and O–H groups in total. The Kier molecular flexibility index (Phi) is 5.80. The van der Waals surface area contributed by atoms with Gasteiger partial charge in [0, 0.05) is 24.5 Å². The van der Waals surface area contributed by atoms with Crippen LogP contribution in [-0.2, 0) is 26.7 Å². The van der Waals surface area contributed by atoms with E-state index in [4.69, 9.17) is 15.2 Å².